The predicted molar refractivity (Wildman–Crippen MR) is 400 cm³/mol. The zero-order chi connectivity index (χ0) is 69.9. The van der Waals surface area contributed by atoms with Gasteiger partial charge in [0.05, 0.1) is 30.9 Å². The summed E-state index contributed by atoms with van der Waals surface area (Å²) in [6, 6.07) is 61.6. The highest BCUT2D eigenvalue weighted by atomic mass is 19.4. The fourth-order valence-corrected chi connectivity index (χ4v) is 15.6. The van der Waals surface area contributed by atoms with Crippen molar-refractivity contribution in [3.8, 4) is 0 Å². The molecule has 0 radical (unpaired) electrons. The van der Waals surface area contributed by atoms with Crippen LogP contribution in [0.25, 0.3) is 43.6 Å². The molecule has 2 unspecified atom stereocenters. The fourth-order valence-electron chi connectivity index (χ4n) is 15.6. The molecule has 520 valence electrons. The van der Waals surface area contributed by atoms with Crippen molar-refractivity contribution >= 4 is 49.3 Å². The van der Waals surface area contributed by atoms with Gasteiger partial charge < -0.3 is 53.0 Å². The number of likely N-dealkylation sites (N-methyl/N-ethyl adjacent to an activating group) is 4. The predicted octanol–water partition coefficient (Wildman–Crippen LogP) is 16.3. The summed E-state index contributed by atoms with van der Waals surface area (Å²) >= 11 is 0. The van der Waals surface area contributed by atoms with Crippen molar-refractivity contribution in [1.29, 1.82) is 0 Å². The molecular weight excluding hydrogens is 1250 g/mol. The Hall–Kier alpha value is -8.80. The Labute approximate surface area is 586 Å². The van der Waals surface area contributed by atoms with E-state index in [0.717, 1.165) is 136 Å². The van der Waals surface area contributed by atoms with Gasteiger partial charge in [0.1, 0.15) is 5.82 Å². The molecule has 11 nitrogen and oxygen atoms in total. The van der Waals surface area contributed by atoms with Gasteiger partial charge in [0.2, 0.25) is 0 Å². The monoisotopic (exact) mass is 1350 g/mol. The van der Waals surface area contributed by atoms with Gasteiger partial charge in [-0.1, -0.05) is 126 Å². The van der Waals surface area contributed by atoms with Gasteiger partial charge in [-0.15, -0.1) is 0 Å². The standard InChI is InChI=1S/C23H29N3.C21H21F3N2.C21H24N2O.C20H21FN2O/c1-17-5-10-22-20(15-17)21-16-25(4)13-12-23(21)26(22)14-11-18-6-8-19(9-7-18)24(2)3;1-25-11-10-20-18(14-25)17-13-16(21(22,23)24)7-8-19(17)26(20)12-9-15-5-3-2-4-6-15;1-15-8-9-19-17(12-15)18-13-22(2)11-10-20(18)23(19)14-21(24)16-6-4-3-5-7-16;1-22-10-9-19-17(12-22)16-11-15(21)7-8-18(16)23(19)13-20(24)14-5-3-2-4-6-14/h5-10,15H,11-14,16H2,1-4H3;2-8,13H,9-12,14H2,1H3;3-9,12,21,24H,10-11,13-14H2,1-2H3;2-8,11,20,24H,9-10,12-13H2,1H3. The highest BCUT2D eigenvalue weighted by molar-refractivity contribution is 5.89. The normalized spacial score (nSPS) is 15.6. The van der Waals surface area contributed by atoms with E-state index in [9.17, 15) is 27.8 Å². The number of aliphatic hydroxyl groups is 2. The Bertz CT molecular complexity index is 4650. The largest absolute Gasteiger partial charge is 0.416 e. The average Bonchev–Trinajstić information content (AvgIpc) is 1.63. The summed E-state index contributed by atoms with van der Waals surface area (Å²) in [4.78, 5) is 11.4. The second-order valence-corrected chi connectivity index (χ2v) is 28.5. The van der Waals surface area contributed by atoms with E-state index in [1.54, 1.807) is 23.4 Å². The molecular formula is C85H95F4N9O2. The van der Waals surface area contributed by atoms with Crippen LogP contribution in [0.1, 0.15) is 96.2 Å². The molecule has 16 rings (SSSR count). The molecule has 0 aliphatic carbocycles. The number of halogens is 4. The van der Waals surface area contributed by atoms with Gasteiger partial charge in [0.25, 0.3) is 0 Å². The summed E-state index contributed by atoms with van der Waals surface area (Å²) in [6.45, 7) is 15.0. The van der Waals surface area contributed by atoms with Crippen LogP contribution >= 0.6 is 0 Å². The van der Waals surface area contributed by atoms with Crippen LogP contribution in [-0.2, 0) is 97.1 Å². The minimum Gasteiger partial charge on any atom is -0.387 e. The number of nitrogens with zero attached hydrogens (tertiary/aromatic N) is 9. The van der Waals surface area contributed by atoms with Crippen LogP contribution in [0.15, 0.2) is 188 Å². The van der Waals surface area contributed by atoms with E-state index in [-0.39, 0.29) is 5.82 Å². The lowest BCUT2D eigenvalue weighted by Crippen LogP contribution is -2.27. The number of benzene rings is 8. The summed E-state index contributed by atoms with van der Waals surface area (Å²) in [5.74, 6) is -0.209. The highest BCUT2D eigenvalue weighted by Gasteiger charge is 2.33. The molecule has 2 N–H and O–H groups in total. The van der Waals surface area contributed by atoms with Gasteiger partial charge in [0, 0.05) is 177 Å². The molecule has 100 heavy (non-hydrogen) atoms. The van der Waals surface area contributed by atoms with E-state index in [0.29, 0.717) is 19.6 Å². The lowest BCUT2D eigenvalue weighted by atomic mass is 10.0. The van der Waals surface area contributed by atoms with Crippen molar-refractivity contribution in [2.75, 3.05) is 73.4 Å². The maximum atomic E-state index is 13.8. The van der Waals surface area contributed by atoms with E-state index in [2.05, 4.69) is 165 Å². The molecule has 0 fully saturated rings. The fraction of sp³-hybridized carbons (Fsp3) is 0.341. The first-order valence-corrected chi connectivity index (χ1v) is 35.4. The zero-order valence-electron chi connectivity index (χ0n) is 59.2. The van der Waals surface area contributed by atoms with Gasteiger partial charge in [-0.2, -0.15) is 13.2 Å². The maximum absolute atomic E-state index is 13.8. The van der Waals surface area contributed by atoms with Gasteiger partial charge in [0.15, 0.2) is 0 Å². The van der Waals surface area contributed by atoms with Gasteiger partial charge in [-0.3, -0.25) is 0 Å². The number of anilines is 1. The summed E-state index contributed by atoms with van der Waals surface area (Å²) in [7, 11) is 12.7. The van der Waals surface area contributed by atoms with E-state index in [1.165, 1.54) is 96.2 Å². The minimum atomic E-state index is -4.31. The third-order valence-electron chi connectivity index (χ3n) is 21.0. The molecule has 8 heterocycles. The molecule has 0 spiro atoms. The molecule has 0 saturated heterocycles. The van der Waals surface area contributed by atoms with Crippen molar-refractivity contribution in [2.24, 2.45) is 0 Å². The Morgan fingerprint density at radius 3 is 1.17 bits per heavy atom. The summed E-state index contributed by atoms with van der Waals surface area (Å²) in [5.41, 5.74) is 23.0. The third kappa shape index (κ3) is 15.3. The number of alkyl halides is 3. The van der Waals surface area contributed by atoms with Gasteiger partial charge in [-0.25, -0.2) is 4.39 Å². The quantitative estimate of drug-likeness (QED) is 0.111. The Balaban J connectivity index is 0.000000120. The Kier molecular flexibility index (Phi) is 21.0. The van der Waals surface area contributed by atoms with Crippen molar-refractivity contribution in [2.45, 2.75) is 123 Å². The minimum absolute atomic E-state index is 0.209. The summed E-state index contributed by atoms with van der Waals surface area (Å²) in [5, 5.41) is 25.9. The first kappa shape index (κ1) is 69.7. The lowest BCUT2D eigenvalue weighted by molar-refractivity contribution is -0.137. The van der Waals surface area contributed by atoms with Gasteiger partial charge >= 0.3 is 6.18 Å². The second kappa shape index (κ2) is 30.2. The van der Waals surface area contributed by atoms with E-state index in [4.69, 9.17) is 0 Å². The maximum Gasteiger partial charge on any atom is 0.416 e. The first-order chi connectivity index (χ1) is 48.2. The molecule has 0 amide bonds. The zero-order valence-corrected chi connectivity index (χ0v) is 59.2. The van der Waals surface area contributed by atoms with Crippen LogP contribution in [0.3, 0.4) is 0 Å². The number of rotatable bonds is 13. The van der Waals surface area contributed by atoms with Crippen molar-refractivity contribution in [1.82, 2.24) is 37.9 Å². The number of aliphatic hydroxyl groups excluding tert-OH is 2. The molecule has 4 aliphatic heterocycles. The molecule has 4 aliphatic rings. The van der Waals surface area contributed by atoms with Crippen molar-refractivity contribution in [3.05, 3.63) is 278 Å². The number of hydrogen-bond donors (Lipinski definition) is 2. The van der Waals surface area contributed by atoms with Crippen LogP contribution < -0.4 is 4.90 Å². The molecule has 12 aromatic rings. The molecule has 4 aromatic heterocycles. The summed E-state index contributed by atoms with van der Waals surface area (Å²) < 4.78 is 62.6. The molecule has 0 saturated carbocycles. The van der Waals surface area contributed by atoms with Crippen molar-refractivity contribution in [3.63, 3.8) is 0 Å². The van der Waals surface area contributed by atoms with Crippen molar-refractivity contribution < 1.29 is 27.8 Å². The number of aryl methyl sites for hydroxylation is 6. The molecule has 8 aromatic carbocycles. The molecule has 0 bridgehead atoms. The smallest absolute Gasteiger partial charge is 0.387 e. The molecule has 2 atom stereocenters. The van der Waals surface area contributed by atoms with Gasteiger partial charge in [-0.05, 0) is 172 Å². The van der Waals surface area contributed by atoms with Crippen LogP contribution in [-0.4, -0.2) is 117 Å². The second-order valence-electron chi connectivity index (χ2n) is 28.5. The van der Waals surface area contributed by atoms with Crippen LogP contribution in [0.5, 0.6) is 0 Å². The lowest BCUT2D eigenvalue weighted by Gasteiger charge is -2.25. The topological polar surface area (TPSA) is 76.4 Å². The SMILES string of the molecule is CN1CCc2c(c3cc(C(F)(F)F)ccc3n2CCc2ccccc2)C1.CN1CCc2c(c3cc(F)ccc3n2CC(O)c2ccccc2)C1.Cc1ccc2c(c1)c1c(n2CC(O)c2ccccc2)CCN(C)C1.Cc1ccc2c(c1)c1c(n2CCc2ccc(N(C)C)cc2)CCN(C)C1. The van der Waals surface area contributed by atoms with Crippen LogP contribution in [0, 0.1) is 19.7 Å². The third-order valence-corrected chi connectivity index (χ3v) is 21.0. The first-order valence-electron chi connectivity index (χ1n) is 35.4. The summed E-state index contributed by atoms with van der Waals surface area (Å²) in [6.07, 6.45) is 0.568. The number of aromatic nitrogens is 4. The van der Waals surface area contributed by atoms with Crippen LogP contribution in [0.2, 0.25) is 0 Å². The Morgan fingerprint density at radius 1 is 0.410 bits per heavy atom. The molecule has 15 heteroatoms. The highest BCUT2D eigenvalue weighted by Crippen LogP contribution is 2.39. The van der Waals surface area contributed by atoms with Crippen LogP contribution in [0.4, 0.5) is 23.2 Å². The van der Waals surface area contributed by atoms with E-state index < -0.39 is 23.9 Å². The number of hydrogen-bond acceptors (Lipinski definition) is 7. The Morgan fingerprint density at radius 2 is 0.760 bits per heavy atom. The van der Waals surface area contributed by atoms with E-state index in [1.807, 2.05) is 92.0 Å². The average molecular weight is 1350 g/mol. The van der Waals surface area contributed by atoms with E-state index >= 15 is 0 Å². The number of fused-ring (bicyclic) bond motifs is 12.